The van der Waals surface area contributed by atoms with Crippen molar-refractivity contribution in [2.24, 2.45) is 4.99 Å². The van der Waals surface area contributed by atoms with E-state index in [9.17, 15) is 0 Å². The van der Waals surface area contributed by atoms with Crippen LogP contribution in [0.3, 0.4) is 0 Å². The molecule has 2 aromatic heterocycles. The second kappa shape index (κ2) is 3.04. The lowest BCUT2D eigenvalue weighted by Crippen LogP contribution is -2.26. The first kappa shape index (κ1) is 8.69. The third kappa shape index (κ3) is 1.16. The molecule has 1 atom stereocenters. The van der Waals surface area contributed by atoms with Gasteiger partial charge in [0.25, 0.3) is 0 Å². The number of hydrogen-bond acceptors (Lipinski definition) is 5. The van der Waals surface area contributed by atoms with Crippen LogP contribution in [0, 0.1) is 0 Å². The first-order chi connectivity index (χ1) is 8.42. The molecule has 17 heavy (non-hydrogen) atoms. The van der Waals surface area contributed by atoms with Gasteiger partial charge in [-0.25, -0.2) is 0 Å². The molecule has 0 saturated heterocycles. The molecule has 0 bridgehead atoms. The highest BCUT2D eigenvalue weighted by Gasteiger charge is 2.21. The molecule has 5 nitrogen and oxygen atoms in total. The number of nitrogens with zero attached hydrogens (tertiary/aromatic N) is 3. The lowest BCUT2D eigenvalue weighted by Gasteiger charge is -2.04. The summed E-state index contributed by atoms with van der Waals surface area (Å²) >= 11 is 0. The molecule has 2 aromatic rings. The molecule has 0 aromatic carbocycles. The third-order valence-electron chi connectivity index (χ3n) is 2.92. The average Bonchev–Trinajstić information content (AvgIpc) is 3.08. The predicted molar refractivity (Wildman–Crippen MR) is 61.4 cm³/mol. The first-order valence-electron chi connectivity index (χ1n) is 5.34. The van der Waals surface area contributed by atoms with Crippen molar-refractivity contribution in [3.05, 3.63) is 46.6 Å². The standard InChI is InChI=1S/C12H8N4O/c1-2-7-8(3-1)13-6-10-11(7)15-12(14-10)9-4-5-17-16-9/h1-6,12,14H. The van der Waals surface area contributed by atoms with Crippen LogP contribution in [-0.2, 0) is 0 Å². The molecule has 0 spiro atoms. The number of pyridine rings is 1. The highest BCUT2D eigenvalue weighted by Crippen LogP contribution is 2.20. The van der Waals surface area contributed by atoms with Gasteiger partial charge in [-0.2, -0.15) is 0 Å². The van der Waals surface area contributed by atoms with Gasteiger partial charge in [0.15, 0.2) is 6.17 Å². The summed E-state index contributed by atoms with van der Waals surface area (Å²) in [6.07, 6.45) is 9.17. The fraction of sp³-hybridized carbons (Fsp3) is 0.0833. The molecule has 1 aliphatic carbocycles. The van der Waals surface area contributed by atoms with E-state index in [4.69, 9.17) is 4.52 Å². The van der Waals surface area contributed by atoms with Gasteiger partial charge in [0.2, 0.25) is 0 Å². The minimum atomic E-state index is -0.175. The van der Waals surface area contributed by atoms with Crippen LogP contribution < -0.4 is 15.9 Å². The topological polar surface area (TPSA) is 63.3 Å². The molecule has 0 radical (unpaired) electrons. The van der Waals surface area contributed by atoms with Gasteiger partial charge in [-0.1, -0.05) is 17.3 Å². The minimum absolute atomic E-state index is 0.175. The Balaban J connectivity index is 1.92. The van der Waals surface area contributed by atoms with Gasteiger partial charge in [-0.15, -0.1) is 0 Å². The van der Waals surface area contributed by atoms with Crippen molar-refractivity contribution >= 4 is 17.8 Å². The zero-order valence-electron chi connectivity index (χ0n) is 8.79. The lowest BCUT2D eigenvalue weighted by molar-refractivity contribution is 0.408. The Kier molecular flexibility index (Phi) is 1.55. The second-order valence-electron chi connectivity index (χ2n) is 3.95. The zero-order chi connectivity index (χ0) is 11.2. The Bertz CT molecular complexity index is 731. The van der Waals surface area contributed by atoms with Gasteiger partial charge < -0.3 is 9.84 Å². The molecule has 1 aliphatic heterocycles. The van der Waals surface area contributed by atoms with Crippen LogP contribution in [-0.4, -0.2) is 10.1 Å². The molecule has 2 aliphatic rings. The second-order valence-corrected chi connectivity index (χ2v) is 3.95. The van der Waals surface area contributed by atoms with E-state index in [1.165, 1.54) is 0 Å². The van der Waals surface area contributed by atoms with E-state index in [1.54, 1.807) is 12.5 Å². The summed E-state index contributed by atoms with van der Waals surface area (Å²) in [5, 5.41) is 9.19. The Morgan fingerprint density at radius 1 is 1.35 bits per heavy atom. The first-order valence-corrected chi connectivity index (χ1v) is 5.34. The van der Waals surface area contributed by atoms with E-state index >= 15 is 0 Å². The Morgan fingerprint density at radius 2 is 2.35 bits per heavy atom. The average molecular weight is 224 g/mol. The quantitative estimate of drug-likeness (QED) is 0.771. The smallest absolute Gasteiger partial charge is 0.166 e. The summed E-state index contributed by atoms with van der Waals surface area (Å²) in [7, 11) is 0. The maximum atomic E-state index is 4.83. The van der Waals surface area contributed by atoms with Crippen LogP contribution in [0.5, 0.6) is 0 Å². The molecule has 1 N–H and O–H groups in total. The van der Waals surface area contributed by atoms with Crippen LogP contribution >= 0.6 is 0 Å². The van der Waals surface area contributed by atoms with Crippen LogP contribution in [0.25, 0.3) is 12.2 Å². The Morgan fingerprint density at radius 3 is 3.24 bits per heavy atom. The van der Waals surface area contributed by atoms with Gasteiger partial charge >= 0.3 is 0 Å². The number of fused-ring (bicyclic) bond motifs is 3. The fourth-order valence-corrected chi connectivity index (χ4v) is 2.12. The molecular weight excluding hydrogens is 216 g/mol. The molecule has 0 saturated carbocycles. The van der Waals surface area contributed by atoms with Gasteiger partial charge in [0, 0.05) is 11.3 Å². The van der Waals surface area contributed by atoms with E-state index in [-0.39, 0.29) is 6.17 Å². The molecule has 0 amide bonds. The number of allylic oxidation sites excluding steroid dienone is 1. The lowest BCUT2D eigenvalue weighted by atomic mass is 10.3. The summed E-state index contributed by atoms with van der Waals surface area (Å²) < 4.78 is 4.83. The number of rotatable bonds is 1. The Hall–Kier alpha value is -2.43. The van der Waals surface area contributed by atoms with Crippen molar-refractivity contribution in [2.45, 2.75) is 6.17 Å². The van der Waals surface area contributed by atoms with Crippen molar-refractivity contribution in [3.8, 4) is 0 Å². The Labute approximate surface area is 96.2 Å². The molecule has 3 heterocycles. The summed E-state index contributed by atoms with van der Waals surface area (Å²) in [5.74, 6) is 0. The maximum absolute atomic E-state index is 4.83. The highest BCUT2D eigenvalue weighted by molar-refractivity contribution is 5.66. The molecule has 82 valence electrons. The van der Waals surface area contributed by atoms with Gasteiger partial charge in [-0.3, -0.25) is 9.98 Å². The molecular formula is C12H8N4O. The number of nitrogens with one attached hydrogen (secondary N) is 1. The van der Waals surface area contributed by atoms with E-state index in [2.05, 4.69) is 20.4 Å². The molecule has 0 fully saturated rings. The van der Waals surface area contributed by atoms with Crippen molar-refractivity contribution in [1.82, 2.24) is 10.1 Å². The monoisotopic (exact) mass is 224 g/mol. The van der Waals surface area contributed by atoms with E-state index in [0.29, 0.717) is 0 Å². The minimum Gasteiger partial charge on any atom is -0.364 e. The van der Waals surface area contributed by atoms with E-state index < -0.39 is 0 Å². The van der Waals surface area contributed by atoms with Crippen LogP contribution in [0.15, 0.2) is 34.1 Å². The normalized spacial score (nSPS) is 19.2. The van der Waals surface area contributed by atoms with Gasteiger partial charge in [-0.05, 0) is 6.08 Å². The van der Waals surface area contributed by atoms with Crippen LogP contribution in [0.2, 0.25) is 0 Å². The van der Waals surface area contributed by atoms with Crippen molar-refractivity contribution < 1.29 is 4.52 Å². The summed E-state index contributed by atoms with van der Waals surface area (Å²) in [4.78, 5) is 8.98. The summed E-state index contributed by atoms with van der Waals surface area (Å²) in [5.41, 5.74) is 2.69. The van der Waals surface area contributed by atoms with E-state index in [1.807, 2.05) is 24.3 Å². The van der Waals surface area contributed by atoms with E-state index in [0.717, 1.165) is 27.7 Å². The summed E-state index contributed by atoms with van der Waals surface area (Å²) in [6.45, 7) is 0. The zero-order valence-corrected chi connectivity index (χ0v) is 8.79. The number of aromatic nitrogens is 2. The highest BCUT2D eigenvalue weighted by atomic mass is 16.5. The largest absolute Gasteiger partial charge is 0.364 e. The van der Waals surface area contributed by atoms with Crippen molar-refractivity contribution in [2.75, 3.05) is 5.32 Å². The summed E-state index contributed by atoms with van der Waals surface area (Å²) in [6, 6.07) is 1.81. The molecule has 1 unspecified atom stereocenters. The maximum Gasteiger partial charge on any atom is 0.166 e. The van der Waals surface area contributed by atoms with Gasteiger partial charge in [0.05, 0.1) is 22.9 Å². The van der Waals surface area contributed by atoms with Crippen molar-refractivity contribution in [3.63, 3.8) is 0 Å². The molecule has 5 heteroatoms. The SMILES string of the molecule is C1=Cc2ncc3c(c2=C1)=NC(c1ccon1)N3. The predicted octanol–water partition coefficient (Wildman–Crippen LogP) is 0.621. The van der Waals surface area contributed by atoms with Crippen LogP contribution in [0.4, 0.5) is 5.69 Å². The third-order valence-corrected chi connectivity index (χ3v) is 2.92. The number of anilines is 1. The number of hydrogen-bond donors (Lipinski definition) is 1. The molecule has 4 rings (SSSR count). The fourth-order valence-electron chi connectivity index (χ4n) is 2.12. The van der Waals surface area contributed by atoms with Crippen LogP contribution in [0.1, 0.15) is 17.6 Å². The van der Waals surface area contributed by atoms with Crippen molar-refractivity contribution in [1.29, 1.82) is 0 Å². The van der Waals surface area contributed by atoms with Gasteiger partial charge in [0.1, 0.15) is 12.0 Å².